The van der Waals surface area contributed by atoms with Crippen LogP contribution in [0.15, 0.2) is 91.3 Å². The highest BCUT2D eigenvalue weighted by Gasteiger charge is 2.33. The van der Waals surface area contributed by atoms with Gasteiger partial charge in [-0.05, 0) is 29.3 Å². The van der Waals surface area contributed by atoms with Crippen molar-refractivity contribution in [3.8, 4) is 0 Å². The van der Waals surface area contributed by atoms with E-state index < -0.39 is 24.1 Å². The number of hydrogen-bond acceptors (Lipinski definition) is 6. The summed E-state index contributed by atoms with van der Waals surface area (Å²) in [5, 5.41) is 7.62. The van der Waals surface area contributed by atoms with E-state index in [1.54, 1.807) is 16.9 Å². The van der Waals surface area contributed by atoms with E-state index in [9.17, 15) is 9.59 Å². The number of amides is 2. The fourth-order valence-electron chi connectivity index (χ4n) is 4.06. The number of benzene rings is 3. The van der Waals surface area contributed by atoms with Gasteiger partial charge in [-0.25, -0.2) is 18.7 Å². The molecule has 1 aliphatic heterocycles. The Morgan fingerprint density at radius 1 is 1.05 bits per heavy atom. The molecule has 0 radical (unpaired) electrons. The minimum absolute atomic E-state index is 0.0393. The lowest BCUT2D eigenvalue weighted by atomic mass is 10.2. The average molecular weight is 502 g/mol. The van der Waals surface area contributed by atoms with Crippen LogP contribution in [0.1, 0.15) is 11.1 Å². The summed E-state index contributed by atoms with van der Waals surface area (Å²) in [5.41, 5.74) is 1.99. The second-order valence-corrected chi connectivity index (χ2v) is 8.49. The van der Waals surface area contributed by atoms with Gasteiger partial charge in [-0.15, -0.1) is 5.10 Å². The molecule has 1 atom stereocenters. The molecule has 1 saturated heterocycles. The number of cyclic esters (lactones) is 1. The maximum Gasteiger partial charge on any atom is 0.415 e. The molecule has 2 amide bonds. The summed E-state index contributed by atoms with van der Waals surface area (Å²) >= 11 is 0. The van der Waals surface area contributed by atoms with E-state index in [0.717, 1.165) is 11.1 Å². The van der Waals surface area contributed by atoms with E-state index in [0.29, 0.717) is 12.2 Å². The van der Waals surface area contributed by atoms with Crippen molar-refractivity contribution in [1.29, 1.82) is 0 Å². The van der Waals surface area contributed by atoms with Gasteiger partial charge in [0.05, 0.1) is 37.2 Å². The number of anilines is 2. The van der Waals surface area contributed by atoms with Crippen LogP contribution < -0.4 is 9.80 Å². The van der Waals surface area contributed by atoms with Gasteiger partial charge in [-0.1, -0.05) is 65.9 Å². The first kappa shape index (κ1) is 24.0. The van der Waals surface area contributed by atoms with Crippen LogP contribution in [0.4, 0.5) is 25.4 Å². The zero-order chi connectivity index (χ0) is 25.6. The van der Waals surface area contributed by atoms with Gasteiger partial charge in [0.2, 0.25) is 0 Å². The molecule has 9 nitrogen and oxygen atoms in total. The largest absolute Gasteiger partial charge is 0.444 e. The van der Waals surface area contributed by atoms with Gasteiger partial charge in [-0.3, -0.25) is 9.80 Å². The molecular formula is C27H24FN5O4. The van der Waals surface area contributed by atoms with Gasteiger partial charge in [0.1, 0.15) is 18.5 Å². The molecule has 0 saturated carbocycles. The fraction of sp³-hybridized carbons (Fsp3) is 0.185. The number of rotatable bonds is 8. The van der Waals surface area contributed by atoms with Gasteiger partial charge in [0.15, 0.2) is 0 Å². The fourth-order valence-corrected chi connectivity index (χ4v) is 4.06. The monoisotopic (exact) mass is 501 g/mol. The van der Waals surface area contributed by atoms with Crippen LogP contribution in [0.3, 0.4) is 0 Å². The smallest absolute Gasteiger partial charge is 0.415 e. The first-order valence-electron chi connectivity index (χ1n) is 11.7. The Morgan fingerprint density at radius 3 is 2.46 bits per heavy atom. The van der Waals surface area contributed by atoms with Crippen LogP contribution in [0.25, 0.3) is 0 Å². The van der Waals surface area contributed by atoms with Crippen molar-refractivity contribution in [2.24, 2.45) is 0 Å². The predicted molar refractivity (Wildman–Crippen MR) is 133 cm³/mol. The SMILES string of the molecule is O=C1OC(Cn2ccnn2)CN1c1ccc(N(Cc2ccccc2)C(=O)OCc2ccccc2)c(F)c1. The lowest BCUT2D eigenvalue weighted by molar-refractivity contribution is 0.129. The third kappa shape index (κ3) is 5.75. The van der Waals surface area contributed by atoms with E-state index >= 15 is 4.39 Å². The second-order valence-electron chi connectivity index (χ2n) is 8.49. The molecule has 37 heavy (non-hydrogen) atoms. The van der Waals surface area contributed by atoms with Crippen molar-refractivity contribution < 1.29 is 23.5 Å². The summed E-state index contributed by atoms with van der Waals surface area (Å²) in [6.07, 6.45) is 1.48. The Balaban J connectivity index is 1.34. The molecule has 1 aromatic heterocycles. The third-order valence-corrected chi connectivity index (χ3v) is 5.88. The van der Waals surface area contributed by atoms with Crippen molar-refractivity contribution in [2.75, 3.05) is 16.3 Å². The number of hydrogen-bond donors (Lipinski definition) is 0. The molecular weight excluding hydrogens is 477 g/mol. The minimum Gasteiger partial charge on any atom is -0.444 e. The van der Waals surface area contributed by atoms with Crippen molar-refractivity contribution in [1.82, 2.24) is 15.0 Å². The number of aromatic nitrogens is 3. The van der Waals surface area contributed by atoms with E-state index in [4.69, 9.17) is 9.47 Å². The molecule has 0 bridgehead atoms. The molecule has 3 aromatic carbocycles. The van der Waals surface area contributed by atoms with Crippen LogP contribution in [-0.4, -0.2) is 39.8 Å². The van der Waals surface area contributed by atoms with E-state index in [-0.39, 0.29) is 25.4 Å². The van der Waals surface area contributed by atoms with E-state index in [2.05, 4.69) is 10.3 Å². The predicted octanol–water partition coefficient (Wildman–Crippen LogP) is 4.79. The van der Waals surface area contributed by atoms with Crippen LogP contribution in [0, 0.1) is 5.82 Å². The molecule has 1 fully saturated rings. The maximum absolute atomic E-state index is 15.5. The summed E-state index contributed by atoms with van der Waals surface area (Å²) in [4.78, 5) is 28.2. The van der Waals surface area contributed by atoms with Crippen LogP contribution in [-0.2, 0) is 29.2 Å². The van der Waals surface area contributed by atoms with Crippen molar-refractivity contribution in [2.45, 2.75) is 25.8 Å². The Bertz CT molecular complexity index is 1350. The molecule has 5 rings (SSSR count). The average Bonchev–Trinajstić information content (AvgIpc) is 3.56. The minimum atomic E-state index is -0.687. The standard InChI is InChI=1S/C27H24FN5O4/c28-24-15-22(32-18-23(37-27(32)35)17-31-14-13-29-30-31)11-12-25(24)33(16-20-7-3-1-4-8-20)26(34)36-19-21-9-5-2-6-10-21/h1-15,23H,16-19H2. The van der Waals surface area contributed by atoms with E-state index in [1.165, 1.54) is 28.1 Å². The molecule has 10 heteroatoms. The Hall–Kier alpha value is -4.73. The van der Waals surface area contributed by atoms with Crippen LogP contribution in [0.5, 0.6) is 0 Å². The summed E-state index contributed by atoms with van der Waals surface area (Å²) in [6, 6.07) is 22.8. The lowest BCUT2D eigenvalue weighted by Crippen LogP contribution is -2.32. The summed E-state index contributed by atoms with van der Waals surface area (Å²) in [5.74, 6) is -0.669. The first-order valence-corrected chi connectivity index (χ1v) is 11.7. The summed E-state index contributed by atoms with van der Waals surface area (Å²) in [6.45, 7) is 0.721. The second kappa shape index (κ2) is 10.9. The molecule has 1 unspecified atom stereocenters. The third-order valence-electron chi connectivity index (χ3n) is 5.88. The molecule has 0 aliphatic carbocycles. The highest BCUT2D eigenvalue weighted by atomic mass is 19.1. The zero-order valence-corrected chi connectivity index (χ0v) is 19.8. The quantitative estimate of drug-likeness (QED) is 0.345. The van der Waals surface area contributed by atoms with E-state index in [1.807, 2.05) is 60.7 Å². The van der Waals surface area contributed by atoms with Gasteiger partial charge >= 0.3 is 12.2 Å². The highest BCUT2D eigenvalue weighted by molar-refractivity contribution is 5.91. The van der Waals surface area contributed by atoms with Gasteiger partial charge < -0.3 is 9.47 Å². The number of ether oxygens (including phenoxy) is 2. The van der Waals surface area contributed by atoms with Crippen LogP contribution >= 0.6 is 0 Å². The first-order chi connectivity index (χ1) is 18.1. The molecule has 4 aromatic rings. The molecule has 188 valence electrons. The van der Waals surface area contributed by atoms with Gasteiger partial charge in [0.25, 0.3) is 0 Å². The Labute approximate surface area is 212 Å². The highest BCUT2D eigenvalue weighted by Crippen LogP contribution is 2.29. The van der Waals surface area contributed by atoms with Gasteiger partial charge in [-0.2, -0.15) is 0 Å². The maximum atomic E-state index is 15.5. The molecule has 2 heterocycles. The molecule has 1 aliphatic rings. The number of carbonyl (C=O) groups is 2. The van der Waals surface area contributed by atoms with Crippen LogP contribution in [0.2, 0.25) is 0 Å². The Kier molecular flexibility index (Phi) is 7.07. The number of carbonyl (C=O) groups excluding carboxylic acids is 2. The van der Waals surface area contributed by atoms with Gasteiger partial charge in [0, 0.05) is 6.20 Å². The van der Waals surface area contributed by atoms with Crippen molar-refractivity contribution in [3.63, 3.8) is 0 Å². The van der Waals surface area contributed by atoms with Crippen molar-refractivity contribution >= 4 is 23.6 Å². The normalized spacial score (nSPS) is 14.9. The molecule has 0 N–H and O–H groups in total. The zero-order valence-electron chi connectivity index (χ0n) is 19.8. The summed E-state index contributed by atoms with van der Waals surface area (Å²) in [7, 11) is 0. The van der Waals surface area contributed by atoms with Crippen molar-refractivity contribution in [3.05, 3.63) is 108 Å². The summed E-state index contributed by atoms with van der Waals surface area (Å²) < 4.78 is 27.9. The molecule has 0 spiro atoms. The Morgan fingerprint density at radius 2 is 1.78 bits per heavy atom. The topological polar surface area (TPSA) is 89.8 Å². The lowest BCUT2D eigenvalue weighted by Gasteiger charge is -2.24. The number of nitrogens with zero attached hydrogens (tertiary/aromatic N) is 5. The number of halogens is 1.